The van der Waals surface area contributed by atoms with Crippen molar-refractivity contribution in [3.05, 3.63) is 65.5 Å². The Morgan fingerprint density at radius 1 is 0.933 bits per heavy atom. The normalized spacial score (nSPS) is 10.5. The number of carbonyl (C=O) groups excluding carboxylic acids is 3. The lowest BCUT2D eigenvalue weighted by atomic mass is 10.1. The number of nitrogens with one attached hydrogen (secondary N) is 4. The molecule has 0 aliphatic heterocycles. The van der Waals surface area contributed by atoms with E-state index in [1.807, 2.05) is 67.1 Å². The van der Waals surface area contributed by atoms with E-state index in [0.717, 1.165) is 22.2 Å². The van der Waals surface area contributed by atoms with Gasteiger partial charge in [-0.25, -0.2) is 9.78 Å². The number of urea groups is 1. The summed E-state index contributed by atoms with van der Waals surface area (Å²) in [6.07, 6.45) is 0.00985. The number of hydrogen-bond acceptors (Lipinski definition) is 4. The first-order valence-corrected chi connectivity index (χ1v) is 9.47. The number of nitrogens with zero attached hydrogens (tertiary/aromatic N) is 2. The largest absolute Gasteiger partial charge is 0.334 e. The summed E-state index contributed by atoms with van der Waals surface area (Å²) in [7, 11) is 1.83. The van der Waals surface area contributed by atoms with Crippen molar-refractivity contribution in [2.75, 3.05) is 6.54 Å². The van der Waals surface area contributed by atoms with Crippen molar-refractivity contribution < 1.29 is 14.4 Å². The molecule has 156 valence electrons. The Labute approximate surface area is 173 Å². The monoisotopic (exact) mass is 408 g/mol. The van der Waals surface area contributed by atoms with Crippen LogP contribution in [0.3, 0.4) is 0 Å². The van der Waals surface area contributed by atoms with Crippen LogP contribution in [0.25, 0.3) is 11.0 Å². The van der Waals surface area contributed by atoms with Crippen LogP contribution in [0.5, 0.6) is 0 Å². The molecular formula is C21H24N6O3. The van der Waals surface area contributed by atoms with E-state index in [1.165, 1.54) is 0 Å². The highest BCUT2D eigenvalue weighted by atomic mass is 16.2. The van der Waals surface area contributed by atoms with Gasteiger partial charge in [0.05, 0.1) is 17.5 Å². The molecule has 0 spiro atoms. The van der Waals surface area contributed by atoms with Crippen molar-refractivity contribution in [2.24, 2.45) is 7.05 Å². The molecule has 3 aromatic rings. The number of rotatable bonds is 6. The van der Waals surface area contributed by atoms with Crippen LogP contribution in [0, 0.1) is 6.92 Å². The van der Waals surface area contributed by atoms with Crippen LogP contribution >= 0.6 is 0 Å². The molecule has 0 aliphatic rings. The van der Waals surface area contributed by atoms with Crippen molar-refractivity contribution in [3.63, 3.8) is 0 Å². The highest BCUT2D eigenvalue weighted by molar-refractivity contribution is 5.87. The summed E-state index contributed by atoms with van der Waals surface area (Å²) >= 11 is 0. The third-order valence-electron chi connectivity index (χ3n) is 4.52. The van der Waals surface area contributed by atoms with Gasteiger partial charge >= 0.3 is 6.03 Å². The number of hydrogen-bond donors (Lipinski definition) is 4. The summed E-state index contributed by atoms with van der Waals surface area (Å²) in [5.41, 5.74) is 8.41. The number of amides is 4. The number of aryl methyl sites for hydroxylation is 2. The van der Waals surface area contributed by atoms with Crippen LogP contribution in [-0.4, -0.2) is 33.9 Å². The molecule has 0 saturated heterocycles. The van der Waals surface area contributed by atoms with E-state index in [-0.39, 0.29) is 13.0 Å². The van der Waals surface area contributed by atoms with Gasteiger partial charge in [-0.3, -0.25) is 20.4 Å². The summed E-state index contributed by atoms with van der Waals surface area (Å²) in [5, 5.41) is 5.10. The molecule has 0 atom stereocenters. The fraction of sp³-hybridized carbons (Fsp3) is 0.238. The van der Waals surface area contributed by atoms with E-state index < -0.39 is 17.8 Å². The molecule has 0 radical (unpaired) electrons. The Balaban J connectivity index is 1.37. The van der Waals surface area contributed by atoms with Gasteiger partial charge in [0.25, 0.3) is 5.91 Å². The molecule has 1 heterocycles. The fourth-order valence-corrected chi connectivity index (χ4v) is 2.84. The van der Waals surface area contributed by atoms with Crippen molar-refractivity contribution in [1.29, 1.82) is 0 Å². The Morgan fingerprint density at radius 2 is 1.63 bits per heavy atom. The number of carbonyl (C=O) groups is 3. The van der Waals surface area contributed by atoms with Crippen LogP contribution in [0.2, 0.25) is 0 Å². The summed E-state index contributed by atoms with van der Waals surface area (Å²) in [6, 6.07) is 14.8. The molecule has 9 heteroatoms. The number of fused-ring (bicyclic) bond motifs is 1. The average Bonchev–Trinajstić information content (AvgIpc) is 3.05. The molecule has 0 unspecified atom stereocenters. The first kappa shape index (κ1) is 20.8. The van der Waals surface area contributed by atoms with Gasteiger partial charge in [-0.2, -0.15) is 0 Å². The fourth-order valence-electron chi connectivity index (χ4n) is 2.84. The average molecular weight is 408 g/mol. The molecule has 4 amide bonds. The highest BCUT2D eigenvalue weighted by Crippen LogP contribution is 2.14. The topological polar surface area (TPSA) is 117 Å². The van der Waals surface area contributed by atoms with Crippen molar-refractivity contribution in [3.8, 4) is 0 Å². The van der Waals surface area contributed by atoms with Gasteiger partial charge in [0, 0.05) is 13.6 Å². The minimum Gasteiger partial charge on any atom is -0.334 e. The Kier molecular flexibility index (Phi) is 6.63. The van der Waals surface area contributed by atoms with E-state index in [9.17, 15) is 14.4 Å². The lowest BCUT2D eigenvalue weighted by molar-refractivity contribution is -0.128. The quantitative estimate of drug-likeness (QED) is 0.457. The number of imidazole rings is 1. The van der Waals surface area contributed by atoms with Crippen LogP contribution in [-0.2, 0) is 29.6 Å². The molecule has 3 rings (SSSR count). The van der Waals surface area contributed by atoms with Crippen LogP contribution in [0.4, 0.5) is 4.79 Å². The minimum atomic E-state index is -0.543. The molecule has 1 aromatic heterocycles. The standard InChI is InChI=1S/C21H24N6O3/c1-14-7-9-15(10-8-14)12-22-21(30)23-13-20(29)26-25-19(28)11-18-24-16-5-3-4-6-17(16)27(18)2/h3-10H,11-13H2,1-2H3,(H,25,28)(H,26,29)(H2,22,23,30). The van der Waals surface area contributed by atoms with Gasteiger partial charge < -0.3 is 15.2 Å². The summed E-state index contributed by atoms with van der Waals surface area (Å²) in [6.45, 7) is 2.06. The predicted octanol–water partition coefficient (Wildman–Crippen LogP) is 1.07. The minimum absolute atomic E-state index is 0.00985. The molecule has 0 bridgehead atoms. The first-order valence-electron chi connectivity index (χ1n) is 9.47. The highest BCUT2D eigenvalue weighted by Gasteiger charge is 2.12. The maximum atomic E-state index is 12.1. The van der Waals surface area contributed by atoms with Crippen LogP contribution in [0.1, 0.15) is 17.0 Å². The van der Waals surface area contributed by atoms with E-state index in [2.05, 4.69) is 26.5 Å². The Hall–Kier alpha value is -3.88. The van der Waals surface area contributed by atoms with Crippen LogP contribution in [0.15, 0.2) is 48.5 Å². The molecule has 4 N–H and O–H groups in total. The molecule has 0 saturated carbocycles. The maximum Gasteiger partial charge on any atom is 0.315 e. The molecule has 30 heavy (non-hydrogen) atoms. The zero-order valence-corrected chi connectivity index (χ0v) is 16.9. The molecule has 9 nitrogen and oxygen atoms in total. The van der Waals surface area contributed by atoms with Gasteiger partial charge in [0.15, 0.2) is 0 Å². The van der Waals surface area contributed by atoms with Gasteiger partial charge in [0.1, 0.15) is 12.4 Å². The Morgan fingerprint density at radius 3 is 2.37 bits per heavy atom. The number of aromatic nitrogens is 2. The van der Waals surface area contributed by atoms with E-state index in [4.69, 9.17) is 0 Å². The second kappa shape index (κ2) is 9.55. The number of hydrazine groups is 1. The van der Waals surface area contributed by atoms with Crippen molar-refractivity contribution in [1.82, 2.24) is 31.0 Å². The second-order valence-corrected chi connectivity index (χ2v) is 6.87. The smallest absolute Gasteiger partial charge is 0.315 e. The van der Waals surface area contributed by atoms with Crippen molar-refractivity contribution in [2.45, 2.75) is 19.9 Å². The molecule has 0 fully saturated rings. The molecular weight excluding hydrogens is 384 g/mol. The SMILES string of the molecule is Cc1ccc(CNC(=O)NCC(=O)NNC(=O)Cc2nc3ccccc3n2C)cc1. The molecule has 0 aliphatic carbocycles. The summed E-state index contributed by atoms with van der Waals surface area (Å²) in [4.78, 5) is 40.1. The lowest BCUT2D eigenvalue weighted by Gasteiger charge is -2.10. The summed E-state index contributed by atoms with van der Waals surface area (Å²) < 4.78 is 1.83. The van der Waals surface area contributed by atoms with E-state index >= 15 is 0 Å². The Bertz CT molecular complexity index is 1060. The summed E-state index contributed by atoms with van der Waals surface area (Å²) in [5.74, 6) is -0.374. The predicted molar refractivity (Wildman–Crippen MR) is 112 cm³/mol. The maximum absolute atomic E-state index is 12.1. The third kappa shape index (κ3) is 5.57. The third-order valence-corrected chi connectivity index (χ3v) is 4.52. The molecule has 2 aromatic carbocycles. The first-order chi connectivity index (χ1) is 14.4. The lowest BCUT2D eigenvalue weighted by Crippen LogP contribution is -2.48. The van der Waals surface area contributed by atoms with Gasteiger partial charge in [-0.15, -0.1) is 0 Å². The number of para-hydroxylation sites is 2. The van der Waals surface area contributed by atoms with E-state index in [0.29, 0.717) is 12.4 Å². The number of benzene rings is 2. The van der Waals surface area contributed by atoms with Gasteiger partial charge in [0.2, 0.25) is 5.91 Å². The van der Waals surface area contributed by atoms with Crippen molar-refractivity contribution >= 4 is 28.9 Å². The second-order valence-electron chi connectivity index (χ2n) is 6.87. The van der Waals surface area contributed by atoms with E-state index in [1.54, 1.807) is 0 Å². The zero-order chi connectivity index (χ0) is 21.5. The van der Waals surface area contributed by atoms with Gasteiger partial charge in [-0.05, 0) is 24.6 Å². The zero-order valence-electron chi connectivity index (χ0n) is 16.9. The van der Waals surface area contributed by atoms with Crippen LogP contribution < -0.4 is 21.5 Å². The van der Waals surface area contributed by atoms with Gasteiger partial charge in [-0.1, -0.05) is 42.0 Å².